The average molecular weight is 1600 g/mol. The van der Waals surface area contributed by atoms with Gasteiger partial charge in [-0.15, -0.1) is 22.7 Å². The lowest BCUT2D eigenvalue weighted by atomic mass is 9.77. The van der Waals surface area contributed by atoms with Crippen molar-refractivity contribution in [2.45, 2.75) is 125 Å². The van der Waals surface area contributed by atoms with Gasteiger partial charge in [0.15, 0.2) is 29.0 Å². The summed E-state index contributed by atoms with van der Waals surface area (Å²) in [5.41, 5.74) is 12.9. The number of likely N-dealkylation sites (tertiary alicyclic amines) is 2. The SMILES string of the molecule is Cc1ncsc1-c1ccc(CNC(=O)[C@@H]2C[C@@H](O)CN2C(=O)[C@@H](CC(=O)COCCOCCN)C(C)(C)C)cc1.Cc1ncsc1-c1ccc(CNC(=O)[C@@H]2C[C@@H](O)CN2C(=O)[C@@H](CC(=O)COCCOCCNCCCOCC(=O)c2ccc(F)c(F)c2Nc2ccc(I)cc2F)C(C)(C)C)cc1. The number of anilines is 2. The van der Waals surface area contributed by atoms with Gasteiger partial charge >= 0.3 is 0 Å². The van der Waals surface area contributed by atoms with Crippen molar-refractivity contribution in [2.75, 3.05) is 104 Å². The molecule has 6 atom stereocenters. The predicted octanol–water partition coefficient (Wildman–Crippen LogP) is 9.31. The Morgan fingerprint density at radius 3 is 1.53 bits per heavy atom. The highest BCUT2D eigenvalue weighted by Crippen LogP contribution is 2.37. The molecule has 4 amide bonds. The number of benzene rings is 4. The maximum atomic E-state index is 14.7. The van der Waals surface area contributed by atoms with Crippen LogP contribution < -0.4 is 27.0 Å². The lowest BCUT2D eigenvalue weighted by molar-refractivity contribution is -0.147. The molecule has 104 heavy (non-hydrogen) atoms. The fraction of sp³-hybridized carbons (Fsp3) is 0.507. The van der Waals surface area contributed by atoms with Crippen LogP contribution in [0.5, 0.6) is 0 Å². The second-order valence-corrected chi connectivity index (χ2v) is 30.7. The van der Waals surface area contributed by atoms with Crippen LogP contribution in [-0.4, -0.2) is 194 Å². The maximum Gasteiger partial charge on any atom is 0.243 e. The van der Waals surface area contributed by atoms with Crippen LogP contribution in [0.15, 0.2) is 89.9 Å². The van der Waals surface area contributed by atoms with E-state index in [1.54, 1.807) is 34.3 Å². The number of ether oxygens (including phenoxy) is 5. The molecule has 8 rings (SSSR count). The summed E-state index contributed by atoms with van der Waals surface area (Å²) in [6.07, 6.45) is -0.981. The molecule has 0 bridgehead atoms. The lowest BCUT2D eigenvalue weighted by Crippen LogP contribution is -2.50. The number of nitrogens with zero attached hydrogens (tertiary/aromatic N) is 4. The quantitative estimate of drug-likeness (QED) is 0.0108. The van der Waals surface area contributed by atoms with Crippen molar-refractivity contribution < 1.29 is 80.6 Å². The summed E-state index contributed by atoms with van der Waals surface area (Å²) in [6.45, 7) is 18.5. The monoisotopic (exact) mass is 1600 g/mol. The van der Waals surface area contributed by atoms with Gasteiger partial charge in [-0.3, -0.25) is 33.6 Å². The number of hydrogen-bond donors (Lipinski definition) is 7. The molecule has 29 heteroatoms. The van der Waals surface area contributed by atoms with E-state index in [9.17, 15) is 56.9 Å². The molecular formula is C75H97F3IN9O14S2. The van der Waals surface area contributed by atoms with Gasteiger partial charge < -0.3 is 70.7 Å². The van der Waals surface area contributed by atoms with Gasteiger partial charge in [0.05, 0.1) is 95.4 Å². The topological polar surface area (TPSA) is 312 Å². The summed E-state index contributed by atoms with van der Waals surface area (Å²) in [5.74, 6) is -7.02. The van der Waals surface area contributed by atoms with Crippen LogP contribution in [0, 0.1) is 57.5 Å². The maximum absolute atomic E-state index is 14.7. The molecular weight excluding hydrogens is 1500 g/mol. The van der Waals surface area contributed by atoms with Crippen molar-refractivity contribution in [3.63, 3.8) is 0 Å². The number of ketones is 3. The Balaban J connectivity index is 0.000000324. The molecule has 0 unspecified atom stereocenters. The van der Waals surface area contributed by atoms with Crippen LogP contribution in [0.25, 0.3) is 20.9 Å². The average Bonchev–Trinajstić information content (AvgIpc) is 1.46. The Labute approximate surface area is 627 Å². The van der Waals surface area contributed by atoms with Crippen molar-refractivity contribution in [3.05, 3.63) is 139 Å². The molecule has 8 N–H and O–H groups in total. The summed E-state index contributed by atoms with van der Waals surface area (Å²) in [4.78, 5) is 106. The van der Waals surface area contributed by atoms with Crippen molar-refractivity contribution in [2.24, 2.45) is 28.4 Å². The third-order valence-corrected chi connectivity index (χ3v) is 20.2. The highest BCUT2D eigenvalue weighted by molar-refractivity contribution is 14.1. The van der Waals surface area contributed by atoms with Crippen LogP contribution in [0.4, 0.5) is 24.5 Å². The van der Waals surface area contributed by atoms with Crippen LogP contribution in [0.3, 0.4) is 0 Å². The van der Waals surface area contributed by atoms with Gasteiger partial charge in [0.25, 0.3) is 0 Å². The van der Waals surface area contributed by atoms with E-state index >= 15 is 0 Å². The summed E-state index contributed by atoms with van der Waals surface area (Å²) < 4.78 is 70.9. The third-order valence-electron chi connectivity index (χ3n) is 17.6. The standard InChI is InChI=1S/C46H55F3IN5O8S.C29H42N4O6S/c1-28-43(64-27-53-28)30-8-6-29(7-9-30)23-52-44(59)39-22-32(56)24-55(39)45(60)35(46(2,3)4)21-33(57)25-63-19-18-61-17-15-51-14-5-16-62-26-40(58)34-11-12-36(47)41(49)42(34)54-38-13-10-31(50)20-37(38)48;1-19-26(40-18-32-19)21-7-5-20(6-8-21)15-31-27(36)25-14-22(34)16-33(25)28(37)24(29(2,3)4)13-23(35)17-39-12-11-38-10-9-30/h6-13,20,27,32,35,39,51,54,56H,5,14-19,21-26H2,1-4H3,(H,52,59);5-8,18,22,24-25,34H,9-17,30H2,1-4H3,(H,31,36)/t32-,35-,39+;22-,24-,25+/m11/s1. The van der Waals surface area contributed by atoms with E-state index in [4.69, 9.17) is 29.4 Å². The number of carbonyl (C=O) groups is 7. The molecule has 2 fully saturated rings. The number of β-amino-alcohol motifs (C(OH)–C–C–N with tert-alkyl or cyclic N) is 2. The van der Waals surface area contributed by atoms with Gasteiger partial charge in [0, 0.05) is 92.5 Å². The number of hydrogen-bond acceptors (Lipinski definition) is 21. The first-order valence-electron chi connectivity index (χ1n) is 34.6. The number of aryl methyl sites for hydroxylation is 2. The highest BCUT2D eigenvalue weighted by atomic mass is 127. The molecule has 566 valence electrons. The molecule has 2 aliphatic heterocycles. The number of aromatic nitrogens is 2. The fourth-order valence-electron chi connectivity index (χ4n) is 11.8. The van der Waals surface area contributed by atoms with Crippen LogP contribution in [0.1, 0.15) is 107 Å². The van der Waals surface area contributed by atoms with E-state index in [1.165, 1.54) is 21.9 Å². The molecule has 23 nitrogen and oxygen atoms in total. The number of rotatable bonds is 38. The fourth-order valence-corrected chi connectivity index (χ4v) is 13.8. The van der Waals surface area contributed by atoms with Crippen molar-refractivity contribution in [1.29, 1.82) is 0 Å². The van der Waals surface area contributed by atoms with Gasteiger partial charge in [-0.25, -0.2) is 23.1 Å². The number of carbonyl (C=O) groups excluding carboxylic acids is 7. The normalized spacial score (nSPS) is 16.6. The Morgan fingerprint density at radius 1 is 0.606 bits per heavy atom. The van der Waals surface area contributed by atoms with E-state index < -0.39 is 75.9 Å². The second kappa shape index (κ2) is 41.2. The van der Waals surface area contributed by atoms with Gasteiger partial charge in [-0.2, -0.15) is 0 Å². The van der Waals surface area contributed by atoms with E-state index in [2.05, 4.69) is 31.2 Å². The molecule has 2 saturated heterocycles. The number of aliphatic hydroxyl groups is 2. The van der Waals surface area contributed by atoms with E-state index in [0.29, 0.717) is 56.0 Å². The van der Waals surface area contributed by atoms with Crippen LogP contribution in [-0.2, 0) is 65.5 Å². The Bertz CT molecular complexity index is 3820. The number of thiazole rings is 2. The van der Waals surface area contributed by atoms with Gasteiger partial charge in [-0.05, 0) is 113 Å². The number of aliphatic hydroxyl groups excluding tert-OH is 2. The molecule has 0 spiro atoms. The van der Waals surface area contributed by atoms with E-state index in [1.807, 2.05) is 132 Å². The second-order valence-electron chi connectivity index (χ2n) is 27.7. The Kier molecular flexibility index (Phi) is 33.4. The van der Waals surface area contributed by atoms with Gasteiger partial charge in [0.2, 0.25) is 23.6 Å². The zero-order chi connectivity index (χ0) is 75.7. The smallest absolute Gasteiger partial charge is 0.243 e. The number of halogens is 4. The van der Waals surface area contributed by atoms with Crippen molar-refractivity contribution in [1.82, 2.24) is 35.7 Å². The minimum absolute atomic E-state index is 0.000598. The van der Waals surface area contributed by atoms with Gasteiger partial charge in [-0.1, -0.05) is 90.1 Å². The zero-order valence-electron chi connectivity index (χ0n) is 60.2. The van der Waals surface area contributed by atoms with Crippen molar-refractivity contribution >= 4 is 97.6 Å². The first-order valence-corrected chi connectivity index (χ1v) is 37.5. The Morgan fingerprint density at radius 2 is 1.08 bits per heavy atom. The molecule has 0 aliphatic carbocycles. The summed E-state index contributed by atoms with van der Waals surface area (Å²) >= 11 is 5.06. The van der Waals surface area contributed by atoms with E-state index in [-0.39, 0.29) is 138 Å². The minimum atomic E-state index is -1.30. The first-order chi connectivity index (χ1) is 49.5. The molecule has 4 aromatic carbocycles. The number of nitrogens with one attached hydrogen (secondary N) is 4. The Hall–Kier alpha value is -7.01. The largest absolute Gasteiger partial charge is 0.391 e. The van der Waals surface area contributed by atoms with Crippen LogP contribution >= 0.6 is 45.3 Å². The lowest BCUT2D eigenvalue weighted by Gasteiger charge is -2.34. The third kappa shape index (κ3) is 25.6. The molecule has 2 aromatic heterocycles. The van der Waals surface area contributed by atoms with E-state index in [0.717, 1.165) is 55.5 Å². The zero-order valence-corrected chi connectivity index (χ0v) is 64.0. The molecule has 2 aliphatic rings. The number of Topliss-reactive ketones (excluding diaryl/α,β-unsaturated/α-hetero) is 3. The van der Waals surface area contributed by atoms with Gasteiger partial charge in [0.1, 0.15) is 37.7 Å². The van der Waals surface area contributed by atoms with Crippen LogP contribution in [0.2, 0.25) is 0 Å². The highest BCUT2D eigenvalue weighted by Gasteiger charge is 2.46. The molecule has 6 aromatic rings. The summed E-state index contributed by atoms with van der Waals surface area (Å²) in [7, 11) is 0. The minimum Gasteiger partial charge on any atom is -0.391 e. The summed E-state index contributed by atoms with van der Waals surface area (Å²) in [6, 6.07) is 20.2. The number of amides is 4. The molecule has 0 radical (unpaired) electrons. The number of nitrogens with two attached hydrogens (primary N) is 1. The summed E-state index contributed by atoms with van der Waals surface area (Å²) in [5, 5.41) is 32.4. The molecule has 4 heterocycles. The van der Waals surface area contributed by atoms with Crippen molar-refractivity contribution in [3.8, 4) is 20.9 Å². The first kappa shape index (κ1) is 84.3. The predicted molar refractivity (Wildman–Crippen MR) is 399 cm³/mol. The molecule has 0 saturated carbocycles.